The van der Waals surface area contributed by atoms with Gasteiger partial charge in [-0.3, -0.25) is 4.79 Å². The summed E-state index contributed by atoms with van der Waals surface area (Å²) in [7, 11) is 0. The van der Waals surface area contributed by atoms with E-state index in [-0.39, 0.29) is 5.91 Å². The van der Waals surface area contributed by atoms with Crippen molar-refractivity contribution in [2.24, 2.45) is 5.92 Å². The molecular formula is C16H18ClN3O3. The van der Waals surface area contributed by atoms with E-state index in [1.807, 2.05) is 0 Å². The highest BCUT2D eigenvalue weighted by Crippen LogP contribution is 2.32. The maximum absolute atomic E-state index is 11.4. The summed E-state index contributed by atoms with van der Waals surface area (Å²) in [6.07, 6.45) is 2.28. The van der Waals surface area contributed by atoms with E-state index in [1.165, 1.54) is 0 Å². The lowest BCUT2D eigenvalue weighted by atomic mass is 10.0. The van der Waals surface area contributed by atoms with Crippen LogP contribution in [0.2, 0.25) is 5.02 Å². The van der Waals surface area contributed by atoms with Crippen LogP contribution in [0.25, 0.3) is 11.5 Å². The van der Waals surface area contributed by atoms with Crippen LogP contribution in [0, 0.1) is 12.8 Å². The molecular weight excluding hydrogens is 318 g/mol. The predicted octanol–water partition coefficient (Wildman–Crippen LogP) is 2.99. The highest BCUT2D eigenvalue weighted by molar-refractivity contribution is 6.30. The van der Waals surface area contributed by atoms with E-state index in [0.29, 0.717) is 53.5 Å². The quantitative estimate of drug-likeness (QED) is 0.929. The van der Waals surface area contributed by atoms with Crippen molar-refractivity contribution in [1.82, 2.24) is 15.5 Å². The SMILES string of the molecule is Cc1noc(-c2cc(Cl)ccc2OCC2CCNC(=O)CC2)n1. The Bertz CT molecular complexity index is 702. The third-order valence-corrected chi connectivity index (χ3v) is 4.06. The van der Waals surface area contributed by atoms with Gasteiger partial charge in [0.15, 0.2) is 5.82 Å². The molecule has 1 unspecified atom stereocenters. The van der Waals surface area contributed by atoms with Gasteiger partial charge in [0.1, 0.15) is 5.75 Å². The zero-order chi connectivity index (χ0) is 16.2. The van der Waals surface area contributed by atoms with Gasteiger partial charge in [-0.2, -0.15) is 4.98 Å². The molecule has 1 saturated heterocycles. The number of nitrogens with one attached hydrogen (secondary N) is 1. The number of carbonyl (C=O) groups is 1. The molecule has 3 rings (SSSR count). The molecule has 0 saturated carbocycles. The number of hydrogen-bond donors (Lipinski definition) is 1. The zero-order valence-electron chi connectivity index (χ0n) is 12.8. The van der Waals surface area contributed by atoms with Gasteiger partial charge in [-0.05, 0) is 43.9 Å². The van der Waals surface area contributed by atoms with Crippen molar-refractivity contribution in [3.63, 3.8) is 0 Å². The molecule has 23 heavy (non-hydrogen) atoms. The fourth-order valence-electron chi connectivity index (χ4n) is 2.56. The van der Waals surface area contributed by atoms with Gasteiger partial charge in [-0.1, -0.05) is 16.8 Å². The van der Waals surface area contributed by atoms with Crippen molar-refractivity contribution in [2.75, 3.05) is 13.2 Å². The van der Waals surface area contributed by atoms with E-state index in [0.717, 1.165) is 12.8 Å². The van der Waals surface area contributed by atoms with Gasteiger partial charge in [-0.25, -0.2) is 0 Å². The van der Waals surface area contributed by atoms with Gasteiger partial charge in [0.05, 0.1) is 12.2 Å². The Balaban J connectivity index is 1.73. The second-order valence-corrected chi connectivity index (χ2v) is 6.08. The number of hydrogen-bond acceptors (Lipinski definition) is 5. The van der Waals surface area contributed by atoms with E-state index < -0.39 is 0 Å². The smallest absolute Gasteiger partial charge is 0.261 e. The van der Waals surface area contributed by atoms with E-state index in [4.69, 9.17) is 20.9 Å². The minimum atomic E-state index is 0.112. The summed E-state index contributed by atoms with van der Waals surface area (Å²) in [5.74, 6) is 2.04. The maximum Gasteiger partial charge on any atom is 0.261 e. The highest BCUT2D eigenvalue weighted by Gasteiger charge is 2.19. The van der Waals surface area contributed by atoms with Crippen molar-refractivity contribution in [3.8, 4) is 17.2 Å². The molecule has 0 bridgehead atoms. The third-order valence-electron chi connectivity index (χ3n) is 3.83. The van der Waals surface area contributed by atoms with Crippen LogP contribution in [0.3, 0.4) is 0 Å². The van der Waals surface area contributed by atoms with Gasteiger partial charge in [0.25, 0.3) is 5.89 Å². The molecule has 6 nitrogen and oxygen atoms in total. The van der Waals surface area contributed by atoms with E-state index in [1.54, 1.807) is 25.1 Å². The Morgan fingerprint density at radius 3 is 3.09 bits per heavy atom. The number of ether oxygens (including phenoxy) is 1. The summed E-state index contributed by atoms with van der Waals surface area (Å²) in [4.78, 5) is 15.6. The van der Waals surface area contributed by atoms with Crippen LogP contribution in [0.5, 0.6) is 5.75 Å². The van der Waals surface area contributed by atoms with Crippen LogP contribution < -0.4 is 10.1 Å². The number of halogens is 1. The Kier molecular flexibility index (Phi) is 4.81. The average Bonchev–Trinajstić information content (AvgIpc) is 2.85. The number of aryl methyl sites for hydroxylation is 1. The number of amides is 1. The molecule has 2 aromatic rings. The summed E-state index contributed by atoms with van der Waals surface area (Å²) in [6, 6.07) is 5.32. The van der Waals surface area contributed by atoms with E-state index >= 15 is 0 Å². The number of nitrogens with zero attached hydrogens (tertiary/aromatic N) is 2. The Hall–Kier alpha value is -2.08. The number of aromatic nitrogens is 2. The van der Waals surface area contributed by atoms with Crippen LogP contribution in [-0.2, 0) is 4.79 Å². The average molecular weight is 336 g/mol. The summed E-state index contributed by atoms with van der Waals surface area (Å²) in [5, 5.41) is 7.26. The topological polar surface area (TPSA) is 77.3 Å². The normalized spacial score (nSPS) is 18.3. The second kappa shape index (κ2) is 7.00. The van der Waals surface area contributed by atoms with Gasteiger partial charge in [0.2, 0.25) is 5.91 Å². The van der Waals surface area contributed by atoms with Crippen LogP contribution in [0.4, 0.5) is 0 Å². The molecule has 2 heterocycles. The van der Waals surface area contributed by atoms with Gasteiger partial charge < -0.3 is 14.6 Å². The molecule has 7 heteroatoms. The van der Waals surface area contributed by atoms with Crippen molar-refractivity contribution in [3.05, 3.63) is 29.0 Å². The molecule has 0 radical (unpaired) electrons. The van der Waals surface area contributed by atoms with Gasteiger partial charge >= 0.3 is 0 Å². The molecule has 0 aliphatic carbocycles. The first-order valence-corrected chi connectivity index (χ1v) is 7.99. The molecule has 1 N–H and O–H groups in total. The Morgan fingerprint density at radius 2 is 2.30 bits per heavy atom. The van der Waals surface area contributed by atoms with Crippen LogP contribution in [0.15, 0.2) is 22.7 Å². The fourth-order valence-corrected chi connectivity index (χ4v) is 2.73. The summed E-state index contributed by atoms with van der Waals surface area (Å²) < 4.78 is 11.2. The highest BCUT2D eigenvalue weighted by atomic mass is 35.5. The molecule has 1 atom stereocenters. The minimum Gasteiger partial charge on any atom is -0.492 e. The molecule has 1 fully saturated rings. The predicted molar refractivity (Wildman–Crippen MR) is 85.3 cm³/mol. The third kappa shape index (κ3) is 4.01. The number of benzene rings is 1. The first-order valence-electron chi connectivity index (χ1n) is 7.61. The first kappa shape index (κ1) is 15.8. The second-order valence-electron chi connectivity index (χ2n) is 5.64. The van der Waals surface area contributed by atoms with Crippen LogP contribution in [0.1, 0.15) is 25.1 Å². The summed E-state index contributed by atoms with van der Waals surface area (Å²) in [6.45, 7) is 2.99. The largest absolute Gasteiger partial charge is 0.492 e. The van der Waals surface area contributed by atoms with Crippen molar-refractivity contribution in [2.45, 2.75) is 26.2 Å². The molecule has 122 valence electrons. The van der Waals surface area contributed by atoms with Gasteiger partial charge in [-0.15, -0.1) is 0 Å². The fraction of sp³-hybridized carbons (Fsp3) is 0.438. The molecule has 1 aromatic heterocycles. The molecule has 1 aliphatic rings. The van der Waals surface area contributed by atoms with Crippen molar-refractivity contribution >= 4 is 17.5 Å². The van der Waals surface area contributed by atoms with E-state index in [9.17, 15) is 4.79 Å². The standard InChI is InChI=1S/C16H18ClN3O3/c1-10-19-16(23-20-10)13-8-12(17)3-4-14(13)22-9-11-2-5-15(21)18-7-6-11/h3-4,8,11H,2,5-7,9H2,1H3,(H,18,21). The lowest BCUT2D eigenvalue weighted by Gasteiger charge is -2.16. The van der Waals surface area contributed by atoms with Crippen LogP contribution in [-0.4, -0.2) is 29.2 Å². The molecule has 1 aromatic carbocycles. The van der Waals surface area contributed by atoms with Crippen LogP contribution >= 0.6 is 11.6 Å². The molecule has 0 spiro atoms. The minimum absolute atomic E-state index is 0.112. The molecule has 1 amide bonds. The summed E-state index contributed by atoms with van der Waals surface area (Å²) >= 11 is 6.07. The Morgan fingerprint density at radius 1 is 1.43 bits per heavy atom. The Labute approximate surface area is 139 Å². The lowest BCUT2D eigenvalue weighted by molar-refractivity contribution is -0.120. The maximum atomic E-state index is 11.4. The number of rotatable bonds is 4. The number of carbonyl (C=O) groups excluding carboxylic acids is 1. The van der Waals surface area contributed by atoms with Crippen molar-refractivity contribution in [1.29, 1.82) is 0 Å². The summed E-state index contributed by atoms with van der Waals surface area (Å²) in [5.41, 5.74) is 0.681. The van der Waals surface area contributed by atoms with E-state index in [2.05, 4.69) is 15.5 Å². The lowest BCUT2D eigenvalue weighted by Crippen LogP contribution is -2.21. The monoisotopic (exact) mass is 335 g/mol. The van der Waals surface area contributed by atoms with Gasteiger partial charge in [0, 0.05) is 18.0 Å². The van der Waals surface area contributed by atoms with Crippen molar-refractivity contribution < 1.29 is 14.1 Å². The first-order chi connectivity index (χ1) is 11.1. The zero-order valence-corrected chi connectivity index (χ0v) is 13.6. The molecule has 1 aliphatic heterocycles.